The number of aryl methyl sites for hydroxylation is 2. The van der Waals surface area contributed by atoms with Crippen LogP contribution in [-0.2, 0) is 12.8 Å². The Morgan fingerprint density at radius 1 is 0.618 bits per heavy atom. The quantitative estimate of drug-likeness (QED) is 0.243. The largest absolute Gasteiger partial charge is 0.207 e. The molecule has 0 spiro atoms. The lowest BCUT2D eigenvalue weighted by atomic mass is 9.97. The van der Waals surface area contributed by atoms with E-state index in [0.29, 0.717) is 23.1 Å². The van der Waals surface area contributed by atoms with E-state index in [9.17, 15) is 13.2 Å². The van der Waals surface area contributed by atoms with Crippen molar-refractivity contribution in [2.75, 3.05) is 0 Å². The average molecular weight is 457 g/mol. The number of benzene rings is 4. The van der Waals surface area contributed by atoms with Crippen molar-refractivity contribution >= 4 is 12.2 Å². The van der Waals surface area contributed by atoms with Gasteiger partial charge in [0.1, 0.15) is 5.82 Å². The van der Waals surface area contributed by atoms with Crippen molar-refractivity contribution in [2.24, 2.45) is 0 Å². The van der Waals surface area contributed by atoms with Crippen LogP contribution >= 0.6 is 0 Å². The predicted molar refractivity (Wildman–Crippen MR) is 136 cm³/mol. The molecule has 34 heavy (non-hydrogen) atoms. The zero-order chi connectivity index (χ0) is 24.1. The van der Waals surface area contributed by atoms with Crippen molar-refractivity contribution < 1.29 is 13.2 Å². The minimum Gasteiger partial charge on any atom is -0.207 e. The molecular weight excluding hydrogens is 429 g/mol. The summed E-state index contributed by atoms with van der Waals surface area (Å²) >= 11 is 0. The predicted octanol–water partition coefficient (Wildman–Crippen LogP) is 9.12. The maximum atomic E-state index is 15.0. The van der Waals surface area contributed by atoms with E-state index < -0.39 is 11.6 Å². The summed E-state index contributed by atoms with van der Waals surface area (Å²) in [6, 6.07) is 23.2. The van der Waals surface area contributed by atoms with Gasteiger partial charge in [0, 0.05) is 11.1 Å². The molecule has 0 aliphatic rings. The Kier molecular flexibility index (Phi) is 7.32. The Morgan fingerprint density at radius 3 is 1.68 bits per heavy atom. The number of hydrogen-bond acceptors (Lipinski definition) is 0. The molecule has 172 valence electrons. The van der Waals surface area contributed by atoms with Crippen molar-refractivity contribution in [2.45, 2.75) is 33.1 Å². The van der Waals surface area contributed by atoms with Gasteiger partial charge in [0.2, 0.25) is 0 Å². The third-order valence-corrected chi connectivity index (χ3v) is 6.03. The molecule has 0 aliphatic heterocycles. The van der Waals surface area contributed by atoms with Gasteiger partial charge in [0.25, 0.3) is 0 Å². The van der Waals surface area contributed by atoms with Crippen molar-refractivity contribution in [3.63, 3.8) is 0 Å². The molecule has 0 bridgehead atoms. The molecule has 0 fully saturated rings. The molecule has 0 aromatic heterocycles. The monoisotopic (exact) mass is 456 g/mol. The molecule has 4 aromatic rings. The zero-order valence-corrected chi connectivity index (χ0v) is 19.4. The van der Waals surface area contributed by atoms with Gasteiger partial charge in [0.05, 0.1) is 0 Å². The lowest BCUT2D eigenvalue weighted by Crippen LogP contribution is -1.94. The van der Waals surface area contributed by atoms with Crippen molar-refractivity contribution in [3.05, 3.63) is 119 Å². The van der Waals surface area contributed by atoms with E-state index >= 15 is 0 Å². The van der Waals surface area contributed by atoms with Gasteiger partial charge in [-0.25, -0.2) is 13.2 Å². The highest BCUT2D eigenvalue weighted by Crippen LogP contribution is 2.32. The second kappa shape index (κ2) is 10.6. The van der Waals surface area contributed by atoms with Crippen LogP contribution in [0.1, 0.15) is 42.5 Å². The average Bonchev–Trinajstić information content (AvgIpc) is 2.86. The van der Waals surface area contributed by atoms with Gasteiger partial charge in [-0.1, -0.05) is 105 Å². The van der Waals surface area contributed by atoms with Gasteiger partial charge in [-0.05, 0) is 52.3 Å². The van der Waals surface area contributed by atoms with Crippen LogP contribution in [0.4, 0.5) is 13.2 Å². The highest BCUT2D eigenvalue weighted by atomic mass is 19.2. The van der Waals surface area contributed by atoms with E-state index in [2.05, 4.69) is 6.92 Å². The highest BCUT2D eigenvalue weighted by Gasteiger charge is 2.16. The Balaban J connectivity index is 1.54. The SMILES string of the molecule is CCCc1ccc(-c2ccc(-c3ccc(C=Cc4ccc(CC)c(F)c4)cc3)c(F)c2F)cc1. The minimum absolute atomic E-state index is 0.210. The molecule has 0 N–H and O–H groups in total. The molecule has 0 unspecified atom stereocenters. The normalized spacial score (nSPS) is 11.3. The van der Waals surface area contributed by atoms with Crippen LogP contribution in [-0.4, -0.2) is 0 Å². The molecule has 4 rings (SSSR count). The highest BCUT2D eigenvalue weighted by molar-refractivity contribution is 5.74. The smallest absolute Gasteiger partial charge is 0.167 e. The second-order valence-corrected chi connectivity index (χ2v) is 8.40. The van der Waals surface area contributed by atoms with Gasteiger partial charge in [-0.2, -0.15) is 0 Å². The molecule has 0 saturated carbocycles. The molecule has 4 aromatic carbocycles. The van der Waals surface area contributed by atoms with E-state index in [1.165, 1.54) is 11.6 Å². The van der Waals surface area contributed by atoms with Crippen molar-refractivity contribution in [1.29, 1.82) is 0 Å². The van der Waals surface area contributed by atoms with E-state index in [-0.39, 0.29) is 16.9 Å². The van der Waals surface area contributed by atoms with Crippen molar-refractivity contribution in [3.8, 4) is 22.3 Å². The van der Waals surface area contributed by atoms with E-state index in [0.717, 1.165) is 24.0 Å². The number of halogens is 3. The molecule has 0 saturated heterocycles. The third-order valence-electron chi connectivity index (χ3n) is 6.03. The molecule has 0 radical (unpaired) electrons. The van der Waals surface area contributed by atoms with Crippen LogP contribution in [0, 0.1) is 17.5 Å². The lowest BCUT2D eigenvalue weighted by Gasteiger charge is -2.10. The van der Waals surface area contributed by atoms with Gasteiger partial charge < -0.3 is 0 Å². The van der Waals surface area contributed by atoms with Crippen LogP contribution < -0.4 is 0 Å². The maximum absolute atomic E-state index is 15.0. The summed E-state index contributed by atoms with van der Waals surface area (Å²) in [7, 11) is 0. The Labute approximate surface area is 199 Å². The lowest BCUT2D eigenvalue weighted by molar-refractivity contribution is 0.514. The van der Waals surface area contributed by atoms with Gasteiger partial charge in [0.15, 0.2) is 11.6 Å². The van der Waals surface area contributed by atoms with Crippen LogP contribution in [0.15, 0.2) is 78.9 Å². The minimum atomic E-state index is -0.857. The van der Waals surface area contributed by atoms with Gasteiger partial charge in [-0.15, -0.1) is 0 Å². The topological polar surface area (TPSA) is 0 Å². The molecule has 0 heterocycles. The van der Waals surface area contributed by atoms with Crippen LogP contribution in [0.5, 0.6) is 0 Å². The Morgan fingerprint density at radius 2 is 1.15 bits per heavy atom. The molecule has 0 amide bonds. The van der Waals surface area contributed by atoms with Gasteiger partial charge >= 0.3 is 0 Å². The van der Waals surface area contributed by atoms with Crippen molar-refractivity contribution in [1.82, 2.24) is 0 Å². The summed E-state index contributed by atoms with van der Waals surface area (Å²) < 4.78 is 43.9. The van der Waals surface area contributed by atoms with Crippen LogP contribution in [0.2, 0.25) is 0 Å². The van der Waals surface area contributed by atoms with E-state index in [4.69, 9.17) is 0 Å². The van der Waals surface area contributed by atoms with Crippen LogP contribution in [0.3, 0.4) is 0 Å². The number of rotatable bonds is 7. The molecular formula is C31H27F3. The molecule has 0 aliphatic carbocycles. The first-order valence-corrected chi connectivity index (χ1v) is 11.6. The van der Waals surface area contributed by atoms with Crippen LogP contribution in [0.25, 0.3) is 34.4 Å². The van der Waals surface area contributed by atoms with Gasteiger partial charge in [-0.3, -0.25) is 0 Å². The molecule has 0 atom stereocenters. The maximum Gasteiger partial charge on any atom is 0.167 e. The molecule has 0 nitrogen and oxygen atoms in total. The summed E-state index contributed by atoms with van der Waals surface area (Å²) in [6.07, 6.45) is 6.35. The summed E-state index contributed by atoms with van der Waals surface area (Å²) in [6.45, 7) is 4.03. The summed E-state index contributed by atoms with van der Waals surface area (Å²) in [5.41, 5.74) is 5.25. The second-order valence-electron chi connectivity index (χ2n) is 8.40. The Bertz CT molecular complexity index is 1300. The first kappa shape index (κ1) is 23.6. The first-order valence-electron chi connectivity index (χ1n) is 11.6. The standard InChI is InChI=1S/C31H27F3/c1-3-5-21-8-14-25(15-9-21)27-18-19-28(31(34)30(27)33)26-16-10-22(11-17-26)6-7-23-12-13-24(4-2)29(32)20-23/h6-20H,3-5H2,1-2H3. The third kappa shape index (κ3) is 5.14. The fraction of sp³-hybridized carbons (Fsp3) is 0.161. The van der Waals surface area contributed by atoms with E-state index in [1.54, 1.807) is 30.3 Å². The fourth-order valence-corrected chi connectivity index (χ4v) is 4.06. The summed E-state index contributed by atoms with van der Waals surface area (Å²) in [4.78, 5) is 0. The number of hydrogen-bond donors (Lipinski definition) is 0. The summed E-state index contributed by atoms with van der Waals surface area (Å²) in [5.74, 6) is -1.91. The zero-order valence-electron chi connectivity index (χ0n) is 19.4. The Hall–Kier alpha value is -3.59. The first-order chi connectivity index (χ1) is 16.5. The van der Waals surface area contributed by atoms with E-state index in [1.807, 2.05) is 61.5 Å². The fourth-order valence-electron chi connectivity index (χ4n) is 4.06. The molecule has 3 heteroatoms. The summed E-state index contributed by atoms with van der Waals surface area (Å²) in [5, 5.41) is 0.